The van der Waals surface area contributed by atoms with E-state index < -0.39 is 0 Å². The van der Waals surface area contributed by atoms with Gasteiger partial charge in [0.2, 0.25) is 0 Å². The van der Waals surface area contributed by atoms with Crippen molar-refractivity contribution in [3.8, 4) is 0 Å². The van der Waals surface area contributed by atoms with Gasteiger partial charge in [0.25, 0.3) is 0 Å². The lowest BCUT2D eigenvalue weighted by molar-refractivity contribution is 0.529. The predicted molar refractivity (Wildman–Crippen MR) is 158 cm³/mol. The van der Waals surface area contributed by atoms with Crippen LogP contribution in [0.1, 0.15) is 141 Å². The highest BCUT2D eigenvalue weighted by atomic mass is 28.2. The number of allylic oxidation sites excluding steroid dienone is 4. The molecule has 0 spiro atoms. The van der Waals surface area contributed by atoms with Crippen molar-refractivity contribution in [2.75, 3.05) is 0 Å². The van der Waals surface area contributed by atoms with Gasteiger partial charge < -0.3 is 0 Å². The zero-order valence-corrected chi connectivity index (χ0v) is 24.8. The second-order valence-electron chi connectivity index (χ2n) is 11.3. The van der Waals surface area contributed by atoms with Crippen LogP contribution in [-0.2, 0) is 6.42 Å². The van der Waals surface area contributed by atoms with E-state index in [0.29, 0.717) is 5.92 Å². The maximum Gasteiger partial charge on any atom is 0.0835 e. The van der Waals surface area contributed by atoms with Gasteiger partial charge in [-0.25, -0.2) is 0 Å². The van der Waals surface area contributed by atoms with Crippen LogP contribution in [0.15, 0.2) is 41.1 Å². The summed E-state index contributed by atoms with van der Waals surface area (Å²) in [5.74, 6) is 0.676. The number of benzene rings is 1. The van der Waals surface area contributed by atoms with Crippen LogP contribution in [-0.4, -0.2) is 9.52 Å². The minimum Gasteiger partial charge on any atom is -0.0806 e. The first-order chi connectivity index (χ1) is 16.6. The number of hydrogen-bond donors (Lipinski definition) is 0. The average molecular weight is 481 g/mol. The molecule has 0 heterocycles. The van der Waals surface area contributed by atoms with Crippen LogP contribution in [0, 0.1) is 12.8 Å². The molecule has 1 heteroatoms. The van der Waals surface area contributed by atoms with Crippen molar-refractivity contribution in [1.82, 2.24) is 0 Å². The largest absolute Gasteiger partial charge is 0.0835 e. The van der Waals surface area contributed by atoms with Crippen LogP contribution in [0.2, 0.25) is 0 Å². The predicted octanol–water partition coefficient (Wildman–Crippen LogP) is 9.46. The molecule has 0 aliphatic heterocycles. The zero-order valence-electron chi connectivity index (χ0n) is 23.4. The Morgan fingerprint density at radius 2 is 1.26 bits per heavy atom. The Balaban J connectivity index is 1.54. The van der Waals surface area contributed by atoms with E-state index in [1.807, 2.05) is 0 Å². The summed E-state index contributed by atoms with van der Waals surface area (Å²) in [5, 5.41) is 3.51. The van der Waals surface area contributed by atoms with Gasteiger partial charge in [-0.3, -0.25) is 0 Å². The summed E-state index contributed by atoms with van der Waals surface area (Å²) < 4.78 is 0. The Morgan fingerprint density at radius 3 is 1.79 bits per heavy atom. The van der Waals surface area contributed by atoms with Gasteiger partial charge in [0.15, 0.2) is 0 Å². The van der Waals surface area contributed by atoms with Gasteiger partial charge in [-0.2, -0.15) is 0 Å². The van der Waals surface area contributed by atoms with Gasteiger partial charge in [0.1, 0.15) is 0 Å². The van der Waals surface area contributed by atoms with E-state index in [-0.39, 0.29) is 9.52 Å². The lowest BCUT2D eigenvalue weighted by Gasteiger charge is -2.15. The van der Waals surface area contributed by atoms with Gasteiger partial charge in [0.05, 0.1) is 9.52 Å². The number of aryl methyl sites for hydroxylation is 1. The first-order valence-corrected chi connectivity index (χ1v) is 16.5. The second kappa shape index (κ2) is 18.2. The summed E-state index contributed by atoms with van der Waals surface area (Å²) in [4.78, 5) is 0. The molecule has 192 valence electrons. The Morgan fingerprint density at radius 1 is 0.735 bits per heavy atom. The van der Waals surface area contributed by atoms with Crippen molar-refractivity contribution in [2.24, 2.45) is 5.92 Å². The highest BCUT2D eigenvalue weighted by molar-refractivity contribution is 6.62. The molecule has 0 nitrogen and oxygen atoms in total. The third-order valence-corrected chi connectivity index (χ3v) is 10.1. The van der Waals surface area contributed by atoms with Crippen molar-refractivity contribution in [2.45, 2.75) is 143 Å². The molecular weight excluding hydrogens is 424 g/mol. The van der Waals surface area contributed by atoms with Crippen LogP contribution in [0.4, 0.5) is 0 Å². The van der Waals surface area contributed by atoms with Crippen molar-refractivity contribution in [1.29, 1.82) is 0 Å². The van der Waals surface area contributed by atoms with Crippen molar-refractivity contribution in [3.05, 3.63) is 52.2 Å². The number of hydrogen-bond acceptors (Lipinski definition) is 0. The number of rotatable bonds is 20. The lowest BCUT2D eigenvalue weighted by Crippen LogP contribution is -2.23. The Labute approximate surface area is 215 Å². The summed E-state index contributed by atoms with van der Waals surface area (Å²) in [7, 11) is -0.325. The molecule has 1 aliphatic rings. The summed E-state index contributed by atoms with van der Waals surface area (Å²) in [5.41, 5.74) is 4.87. The summed E-state index contributed by atoms with van der Waals surface area (Å²) in [6.45, 7) is 9.35. The maximum atomic E-state index is 2.45. The van der Waals surface area contributed by atoms with Gasteiger partial charge in [-0.1, -0.05) is 163 Å². The van der Waals surface area contributed by atoms with E-state index in [1.54, 1.807) is 21.5 Å². The van der Waals surface area contributed by atoms with Crippen LogP contribution in [0.25, 0.3) is 0 Å². The lowest BCUT2D eigenvalue weighted by atomic mass is 10.0. The maximum absolute atomic E-state index is 2.45. The Kier molecular flexibility index (Phi) is 15.6. The van der Waals surface area contributed by atoms with Gasteiger partial charge in [-0.15, -0.1) is 0 Å². The fourth-order valence-electron chi connectivity index (χ4n) is 5.70. The third kappa shape index (κ3) is 11.6. The zero-order chi connectivity index (χ0) is 24.4. The molecule has 0 N–H and O–H groups in total. The minimum atomic E-state index is -0.325. The van der Waals surface area contributed by atoms with E-state index >= 15 is 0 Å². The topological polar surface area (TPSA) is 0 Å². The molecule has 34 heavy (non-hydrogen) atoms. The molecule has 0 radical (unpaired) electrons. The van der Waals surface area contributed by atoms with E-state index in [2.05, 4.69) is 58.0 Å². The molecule has 0 unspecified atom stereocenters. The molecule has 1 aromatic rings. The smallest absolute Gasteiger partial charge is 0.0806 e. The second-order valence-corrected chi connectivity index (χ2v) is 13.2. The molecule has 1 aromatic carbocycles. The minimum absolute atomic E-state index is 0.325. The van der Waals surface area contributed by atoms with Gasteiger partial charge in [0, 0.05) is 0 Å². The first kappa shape index (κ1) is 29.1. The summed E-state index contributed by atoms with van der Waals surface area (Å²) in [6, 6.07) is 7.08. The van der Waals surface area contributed by atoms with Crippen LogP contribution in [0.3, 0.4) is 0 Å². The highest BCUT2D eigenvalue weighted by Gasteiger charge is 2.15. The SMILES string of the molecule is CCCCCCCCCCCCCCCCCCc1c(C)cccc1[SiH2]C1=C(C(C)C)C=CC1. The molecule has 0 amide bonds. The van der Waals surface area contributed by atoms with Crippen LogP contribution in [0.5, 0.6) is 0 Å². The first-order valence-electron chi connectivity index (χ1n) is 15.1. The van der Waals surface area contributed by atoms with Crippen molar-refractivity contribution < 1.29 is 0 Å². The van der Waals surface area contributed by atoms with Crippen LogP contribution >= 0.6 is 0 Å². The van der Waals surface area contributed by atoms with E-state index in [1.165, 1.54) is 121 Å². The monoisotopic (exact) mass is 480 g/mol. The Bertz CT molecular complexity index is 724. The molecular formula is C33H56Si. The van der Waals surface area contributed by atoms with Gasteiger partial charge in [-0.05, 0) is 43.2 Å². The molecule has 0 bridgehead atoms. The third-order valence-electron chi connectivity index (χ3n) is 7.88. The fourth-order valence-corrected chi connectivity index (χ4v) is 8.13. The quantitative estimate of drug-likeness (QED) is 0.129. The summed E-state index contributed by atoms with van der Waals surface area (Å²) in [6.07, 6.45) is 30.5. The van der Waals surface area contributed by atoms with E-state index in [0.717, 1.165) is 0 Å². The molecule has 0 saturated heterocycles. The fraction of sp³-hybridized carbons (Fsp3) is 0.697. The molecule has 1 aliphatic carbocycles. The molecule has 2 rings (SSSR count). The summed E-state index contributed by atoms with van der Waals surface area (Å²) >= 11 is 0. The highest BCUT2D eigenvalue weighted by Crippen LogP contribution is 2.25. The van der Waals surface area contributed by atoms with E-state index in [4.69, 9.17) is 0 Å². The van der Waals surface area contributed by atoms with E-state index in [9.17, 15) is 0 Å². The molecule has 0 atom stereocenters. The molecule has 0 fully saturated rings. The molecule has 0 aromatic heterocycles. The number of unbranched alkanes of at least 4 members (excludes halogenated alkanes) is 15. The normalized spacial score (nSPS) is 13.9. The van der Waals surface area contributed by atoms with Gasteiger partial charge >= 0.3 is 0 Å². The van der Waals surface area contributed by atoms with Crippen molar-refractivity contribution in [3.63, 3.8) is 0 Å². The standard InChI is InChI=1S/C33H56Si/c1-5-6-7-8-9-10-11-12-13-14-15-16-17-18-19-20-24-31-29(4)23-21-26-33(31)34-32-27-22-25-30(32)28(2)3/h21-23,25-26,28H,5-20,24,27,34H2,1-4H3. The van der Waals surface area contributed by atoms with Crippen LogP contribution < -0.4 is 5.19 Å². The Hall–Kier alpha value is -1.08. The molecule has 0 saturated carbocycles. The van der Waals surface area contributed by atoms with Crippen molar-refractivity contribution >= 4 is 14.7 Å². The average Bonchev–Trinajstić information content (AvgIpc) is 3.29.